The monoisotopic (exact) mass is 451 g/mol. The van der Waals surface area contributed by atoms with Crippen LogP contribution in [0.4, 0.5) is 0 Å². The zero-order valence-corrected chi connectivity index (χ0v) is 19.0. The van der Waals surface area contributed by atoms with Crippen LogP contribution in [0, 0.1) is 6.92 Å². The molecule has 1 aromatic heterocycles. The van der Waals surface area contributed by atoms with E-state index in [1.54, 1.807) is 49.8 Å². The number of carbonyl (C=O) groups is 2. The number of aromatic nitrogens is 1. The molecule has 4 rings (SSSR count). The van der Waals surface area contributed by atoms with Crippen LogP contribution in [0.2, 0.25) is 0 Å². The minimum atomic E-state index is -0.742. The predicted molar refractivity (Wildman–Crippen MR) is 119 cm³/mol. The highest BCUT2D eigenvalue weighted by molar-refractivity contribution is 6.46. The van der Waals surface area contributed by atoms with Gasteiger partial charge in [-0.05, 0) is 41.8 Å². The number of Topliss-reactive ketones (excluding diaryl/α,β-unsaturated/α-hetero) is 1. The van der Waals surface area contributed by atoms with Crippen LogP contribution >= 0.6 is 0 Å². The van der Waals surface area contributed by atoms with Crippen molar-refractivity contribution in [3.63, 3.8) is 0 Å². The minimum Gasteiger partial charge on any atom is -0.872 e. The van der Waals surface area contributed by atoms with Crippen molar-refractivity contribution < 1.29 is 29.1 Å². The normalized spacial score (nSPS) is 20.9. The molecule has 2 fully saturated rings. The van der Waals surface area contributed by atoms with Crippen molar-refractivity contribution in [2.45, 2.75) is 19.4 Å². The Morgan fingerprint density at radius 3 is 2.73 bits per heavy atom. The molecule has 8 nitrogen and oxygen atoms in total. The van der Waals surface area contributed by atoms with Gasteiger partial charge in [0.2, 0.25) is 5.78 Å². The molecule has 1 atom stereocenters. The van der Waals surface area contributed by atoms with Crippen LogP contribution in [0.1, 0.15) is 29.2 Å². The fraction of sp³-hybridized carbons (Fsp3) is 0.400. The minimum absolute atomic E-state index is 0.0173. The van der Waals surface area contributed by atoms with Gasteiger partial charge in [-0.1, -0.05) is 17.9 Å². The Morgan fingerprint density at radius 1 is 1.27 bits per heavy atom. The molecule has 0 saturated carbocycles. The van der Waals surface area contributed by atoms with E-state index in [0.717, 1.165) is 44.8 Å². The van der Waals surface area contributed by atoms with Crippen molar-refractivity contribution in [2.24, 2.45) is 0 Å². The molecule has 1 aromatic carbocycles. The first-order valence-corrected chi connectivity index (χ1v) is 11.2. The van der Waals surface area contributed by atoms with Crippen molar-refractivity contribution in [2.75, 3.05) is 46.5 Å². The van der Waals surface area contributed by atoms with E-state index in [1.165, 1.54) is 9.80 Å². The topological polar surface area (TPSA) is 96.2 Å². The van der Waals surface area contributed by atoms with Crippen LogP contribution in [-0.2, 0) is 14.3 Å². The number of likely N-dealkylation sites (tertiary alicyclic amines) is 1. The standard InChI is InChI=1S/C25H29N3O5/c1-17-15-18(6-7-20(17)32-2)23(29)21-22(19-5-3-8-26-16-19)28(25(31)24(21)30)10-4-9-27-11-13-33-14-12-27/h3,5-8,15-16,22,29H,4,9-14H2,1-2H3/b23-21+. The van der Waals surface area contributed by atoms with E-state index in [2.05, 4.69) is 4.98 Å². The van der Waals surface area contributed by atoms with Crippen LogP contribution in [0.15, 0.2) is 48.3 Å². The number of nitrogens with one attached hydrogen (secondary N) is 1. The van der Waals surface area contributed by atoms with Crippen LogP contribution in [0.5, 0.6) is 5.75 Å². The Labute approximate surface area is 193 Å². The lowest BCUT2D eigenvalue weighted by Gasteiger charge is -2.28. The quantitative estimate of drug-likeness (QED) is 0.360. The van der Waals surface area contributed by atoms with Gasteiger partial charge in [0.15, 0.2) is 0 Å². The third kappa shape index (κ3) is 4.77. The van der Waals surface area contributed by atoms with E-state index in [4.69, 9.17) is 9.47 Å². The highest BCUT2D eigenvalue weighted by Gasteiger charge is 2.44. The zero-order chi connectivity index (χ0) is 23.4. The predicted octanol–water partition coefficient (Wildman–Crippen LogP) is -0.0722. The van der Waals surface area contributed by atoms with Gasteiger partial charge in [0.1, 0.15) is 18.8 Å². The number of ketones is 1. The van der Waals surface area contributed by atoms with E-state index >= 15 is 0 Å². The maximum atomic E-state index is 13.5. The molecular formula is C25H29N3O5. The number of morpholine rings is 1. The second-order valence-corrected chi connectivity index (χ2v) is 8.41. The molecule has 2 aromatic rings. The Balaban J connectivity index is 1.66. The summed E-state index contributed by atoms with van der Waals surface area (Å²) in [5.41, 5.74) is 1.78. The summed E-state index contributed by atoms with van der Waals surface area (Å²) >= 11 is 0. The van der Waals surface area contributed by atoms with Gasteiger partial charge in [0, 0.05) is 30.9 Å². The van der Waals surface area contributed by atoms with E-state index in [1.807, 2.05) is 6.92 Å². The number of rotatable bonds is 7. The van der Waals surface area contributed by atoms with Gasteiger partial charge < -0.3 is 24.4 Å². The van der Waals surface area contributed by atoms with Gasteiger partial charge in [-0.2, -0.15) is 0 Å². The van der Waals surface area contributed by atoms with Crippen LogP contribution in [0.25, 0.3) is 5.76 Å². The number of quaternary nitrogens is 1. The third-order valence-electron chi connectivity index (χ3n) is 6.32. The van der Waals surface area contributed by atoms with E-state index in [9.17, 15) is 14.7 Å². The highest BCUT2D eigenvalue weighted by atomic mass is 16.5. The molecular weight excluding hydrogens is 422 g/mol. The first-order chi connectivity index (χ1) is 16.0. The SMILES string of the molecule is COc1ccc(/C([O-])=C2\C(=O)C(=O)N(CCC[NH+]3CCOCC3)C2c2cccnc2)cc1C. The molecule has 174 valence electrons. The Hall–Kier alpha value is -3.23. The average molecular weight is 452 g/mol. The second kappa shape index (κ2) is 10.1. The number of methoxy groups -OCH3 is 1. The number of hydrogen-bond acceptors (Lipinski definition) is 6. The van der Waals surface area contributed by atoms with Gasteiger partial charge in [-0.3, -0.25) is 14.6 Å². The fourth-order valence-electron chi connectivity index (χ4n) is 4.57. The van der Waals surface area contributed by atoms with Crippen molar-refractivity contribution in [3.8, 4) is 5.75 Å². The molecule has 1 amide bonds. The lowest BCUT2D eigenvalue weighted by atomic mass is 9.95. The molecule has 0 bridgehead atoms. The lowest BCUT2D eigenvalue weighted by molar-refractivity contribution is -0.908. The third-order valence-corrected chi connectivity index (χ3v) is 6.32. The molecule has 2 saturated heterocycles. The number of nitrogens with zero attached hydrogens (tertiary/aromatic N) is 2. The summed E-state index contributed by atoms with van der Waals surface area (Å²) in [7, 11) is 1.56. The van der Waals surface area contributed by atoms with Crippen molar-refractivity contribution >= 4 is 17.4 Å². The van der Waals surface area contributed by atoms with E-state index < -0.39 is 23.5 Å². The number of carbonyl (C=O) groups excluding carboxylic acids is 2. The number of hydrogen-bond donors (Lipinski definition) is 1. The summed E-state index contributed by atoms with van der Waals surface area (Å²) in [5.74, 6) is -1.15. The van der Waals surface area contributed by atoms with Gasteiger partial charge in [-0.25, -0.2) is 0 Å². The first-order valence-electron chi connectivity index (χ1n) is 11.2. The maximum Gasteiger partial charge on any atom is 0.295 e. The van der Waals surface area contributed by atoms with Crippen LogP contribution in [-0.4, -0.2) is 68.1 Å². The summed E-state index contributed by atoms with van der Waals surface area (Å²) in [4.78, 5) is 33.2. The van der Waals surface area contributed by atoms with Crippen molar-refractivity contribution in [1.29, 1.82) is 0 Å². The molecule has 33 heavy (non-hydrogen) atoms. The molecule has 8 heteroatoms. The summed E-state index contributed by atoms with van der Waals surface area (Å²) < 4.78 is 10.7. The van der Waals surface area contributed by atoms with E-state index in [-0.39, 0.29) is 5.57 Å². The number of ether oxygens (including phenoxy) is 2. The number of aryl methyl sites for hydroxylation is 1. The Kier molecular flexibility index (Phi) is 7.05. The van der Waals surface area contributed by atoms with Gasteiger partial charge >= 0.3 is 0 Å². The second-order valence-electron chi connectivity index (χ2n) is 8.41. The Morgan fingerprint density at radius 2 is 2.06 bits per heavy atom. The molecule has 1 unspecified atom stereocenters. The van der Waals surface area contributed by atoms with Crippen molar-refractivity contribution in [1.82, 2.24) is 9.88 Å². The largest absolute Gasteiger partial charge is 0.872 e. The van der Waals surface area contributed by atoms with Gasteiger partial charge in [-0.15, -0.1) is 0 Å². The first kappa shape index (κ1) is 22.9. The van der Waals surface area contributed by atoms with Crippen molar-refractivity contribution in [3.05, 3.63) is 65.0 Å². The number of pyridine rings is 1. The maximum absolute atomic E-state index is 13.5. The summed E-state index contributed by atoms with van der Waals surface area (Å²) in [6.45, 7) is 6.46. The smallest absolute Gasteiger partial charge is 0.295 e. The molecule has 3 heterocycles. The molecule has 0 spiro atoms. The highest BCUT2D eigenvalue weighted by Crippen LogP contribution is 2.38. The molecule has 0 aliphatic carbocycles. The summed E-state index contributed by atoms with van der Waals surface area (Å²) in [5, 5.41) is 13.5. The lowest BCUT2D eigenvalue weighted by Crippen LogP contribution is -3.14. The van der Waals surface area contributed by atoms with Gasteiger partial charge in [0.25, 0.3) is 5.91 Å². The molecule has 1 N–H and O–H groups in total. The van der Waals surface area contributed by atoms with Gasteiger partial charge in [0.05, 0.1) is 32.9 Å². The van der Waals surface area contributed by atoms with Crippen LogP contribution in [0.3, 0.4) is 0 Å². The summed E-state index contributed by atoms with van der Waals surface area (Å²) in [6.07, 6.45) is 3.97. The fourth-order valence-corrected chi connectivity index (χ4v) is 4.57. The number of amides is 1. The molecule has 2 aliphatic rings. The Bertz CT molecular complexity index is 1050. The molecule has 2 aliphatic heterocycles. The van der Waals surface area contributed by atoms with E-state index in [0.29, 0.717) is 23.4 Å². The van der Waals surface area contributed by atoms with Crippen LogP contribution < -0.4 is 14.7 Å². The zero-order valence-electron chi connectivity index (χ0n) is 19.0. The average Bonchev–Trinajstić information content (AvgIpc) is 3.10. The number of benzene rings is 1. The summed E-state index contributed by atoms with van der Waals surface area (Å²) in [6, 6.07) is 7.83. The molecule has 0 radical (unpaired) electrons.